The first kappa shape index (κ1) is 17.5. The zero-order chi connectivity index (χ0) is 16.0. The summed E-state index contributed by atoms with van der Waals surface area (Å²) in [6, 6.07) is 7.44. The maximum Gasteiger partial charge on any atom is 0.253 e. The summed E-state index contributed by atoms with van der Waals surface area (Å²) in [5.41, 5.74) is 0.975. The molecule has 2 N–H and O–H groups in total. The van der Waals surface area contributed by atoms with Crippen LogP contribution in [0.5, 0.6) is 0 Å². The van der Waals surface area contributed by atoms with Gasteiger partial charge in [0, 0.05) is 43.9 Å². The second kappa shape index (κ2) is 7.43. The van der Waals surface area contributed by atoms with Crippen LogP contribution in [0.15, 0.2) is 24.3 Å². The molecule has 0 unspecified atom stereocenters. The largest absolute Gasteiger partial charge is 0.396 e. The molecule has 0 saturated heterocycles. The normalized spacial score (nSPS) is 11.3. The van der Waals surface area contributed by atoms with Gasteiger partial charge in [-0.1, -0.05) is 6.92 Å². The highest BCUT2D eigenvalue weighted by Gasteiger charge is 2.26. The first-order chi connectivity index (χ1) is 9.86. The molecule has 1 aromatic carbocycles. The summed E-state index contributed by atoms with van der Waals surface area (Å²) < 4.78 is 0. The van der Waals surface area contributed by atoms with Gasteiger partial charge in [-0.25, -0.2) is 0 Å². The number of hydrogen-bond acceptors (Lipinski definition) is 4. The smallest absolute Gasteiger partial charge is 0.253 e. The number of amides is 1. The third-order valence-electron chi connectivity index (χ3n) is 3.76. The summed E-state index contributed by atoms with van der Waals surface area (Å²) in [7, 11) is 3.68. The molecule has 0 saturated carbocycles. The lowest BCUT2D eigenvalue weighted by atomic mass is 9.92. The van der Waals surface area contributed by atoms with Gasteiger partial charge in [-0.15, -0.1) is 0 Å². The van der Waals surface area contributed by atoms with Crippen molar-refractivity contribution in [1.82, 2.24) is 4.90 Å². The summed E-state index contributed by atoms with van der Waals surface area (Å²) in [5.74, 6) is -0.117. The Hall–Kier alpha value is -1.59. The van der Waals surface area contributed by atoms with Crippen molar-refractivity contribution in [1.29, 1.82) is 0 Å². The molecule has 0 aliphatic heterocycles. The Bertz CT molecular complexity index is 455. The zero-order valence-corrected chi connectivity index (χ0v) is 13.3. The van der Waals surface area contributed by atoms with E-state index in [1.54, 1.807) is 26.1 Å². The third-order valence-corrected chi connectivity index (χ3v) is 3.76. The fourth-order valence-electron chi connectivity index (χ4n) is 2.06. The second-order valence-corrected chi connectivity index (χ2v) is 5.85. The minimum atomic E-state index is -0.688. The number of benzene rings is 1. The average Bonchev–Trinajstić information content (AvgIpc) is 2.53. The highest BCUT2D eigenvalue weighted by Crippen LogP contribution is 2.18. The minimum Gasteiger partial charge on any atom is -0.396 e. The van der Waals surface area contributed by atoms with Gasteiger partial charge in [0.25, 0.3) is 5.91 Å². The molecule has 1 amide bonds. The molecule has 5 heteroatoms. The van der Waals surface area contributed by atoms with Gasteiger partial charge in [0.1, 0.15) is 0 Å². The maximum absolute atomic E-state index is 12.4. The molecule has 0 bridgehead atoms. The molecule has 0 spiro atoms. The Morgan fingerprint density at radius 2 is 1.67 bits per heavy atom. The Morgan fingerprint density at radius 1 is 1.14 bits per heavy atom. The van der Waals surface area contributed by atoms with Crippen LogP contribution < -0.4 is 4.90 Å². The fourth-order valence-corrected chi connectivity index (χ4v) is 2.06. The predicted octanol–water partition coefficient (Wildman–Crippen LogP) is 1.21. The van der Waals surface area contributed by atoms with Crippen molar-refractivity contribution in [3.05, 3.63) is 29.8 Å². The minimum absolute atomic E-state index is 0.117. The number of nitrogens with zero attached hydrogens (tertiary/aromatic N) is 2. The molecule has 0 fully saturated rings. The van der Waals surface area contributed by atoms with Crippen LogP contribution in [-0.2, 0) is 0 Å². The summed E-state index contributed by atoms with van der Waals surface area (Å²) in [6.07, 6.45) is 0. The molecule has 21 heavy (non-hydrogen) atoms. The van der Waals surface area contributed by atoms with Gasteiger partial charge < -0.3 is 20.0 Å². The molecular formula is C16H26N2O3. The second-order valence-electron chi connectivity index (χ2n) is 5.85. The zero-order valence-electron chi connectivity index (χ0n) is 13.3. The van der Waals surface area contributed by atoms with Crippen LogP contribution in [0.25, 0.3) is 0 Å². The van der Waals surface area contributed by atoms with E-state index in [1.165, 1.54) is 4.90 Å². The number of rotatable bonds is 7. The lowest BCUT2D eigenvalue weighted by Gasteiger charge is -2.30. The quantitative estimate of drug-likeness (QED) is 0.793. The summed E-state index contributed by atoms with van der Waals surface area (Å²) >= 11 is 0. The standard InChI is InChI=1S/C16H26N2O3/c1-5-17(3)14-8-6-13(7-9-14)15(21)18(4)10-16(2,11-19)12-20/h6-9,19-20H,5,10-12H2,1-4H3. The van der Waals surface area contributed by atoms with E-state index in [0.717, 1.165) is 12.2 Å². The molecule has 1 rings (SSSR count). The highest BCUT2D eigenvalue weighted by atomic mass is 16.3. The van der Waals surface area contributed by atoms with E-state index >= 15 is 0 Å². The molecule has 0 heterocycles. The van der Waals surface area contributed by atoms with Gasteiger partial charge in [-0.3, -0.25) is 4.79 Å². The van der Waals surface area contributed by atoms with E-state index in [2.05, 4.69) is 11.8 Å². The van der Waals surface area contributed by atoms with Crippen LogP contribution in [-0.4, -0.2) is 61.4 Å². The third kappa shape index (κ3) is 4.44. The lowest BCUT2D eigenvalue weighted by molar-refractivity contribution is 0.0366. The lowest BCUT2D eigenvalue weighted by Crippen LogP contribution is -2.41. The van der Waals surface area contributed by atoms with E-state index in [0.29, 0.717) is 12.1 Å². The molecule has 0 atom stereocenters. The molecule has 5 nitrogen and oxygen atoms in total. The number of aliphatic hydroxyl groups is 2. The van der Waals surface area contributed by atoms with Crippen LogP contribution >= 0.6 is 0 Å². The summed E-state index contributed by atoms with van der Waals surface area (Å²) in [5, 5.41) is 18.6. The summed E-state index contributed by atoms with van der Waals surface area (Å²) in [6.45, 7) is 4.68. The van der Waals surface area contributed by atoms with Crippen LogP contribution in [0.4, 0.5) is 5.69 Å². The number of carbonyl (C=O) groups excluding carboxylic acids is 1. The summed E-state index contributed by atoms with van der Waals surface area (Å²) in [4.78, 5) is 16.0. The number of hydrogen-bond donors (Lipinski definition) is 2. The predicted molar refractivity (Wildman–Crippen MR) is 84.6 cm³/mol. The average molecular weight is 294 g/mol. The van der Waals surface area contributed by atoms with Crippen molar-refractivity contribution in [2.45, 2.75) is 13.8 Å². The molecular weight excluding hydrogens is 268 g/mol. The van der Waals surface area contributed by atoms with E-state index < -0.39 is 5.41 Å². The Balaban J connectivity index is 2.79. The number of carbonyl (C=O) groups is 1. The van der Waals surface area contributed by atoms with E-state index in [1.807, 2.05) is 19.2 Å². The SMILES string of the molecule is CCN(C)c1ccc(C(=O)N(C)CC(C)(CO)CO)cc1. The first-order valence-corrected chi connectivity index (χ1v) is 7.15. The van der Waals surface area contributed by atoms with Crippen molar-refractivity contribution in [3.63, 3.8) is 0 Å². The molecule has 0 aromatic heterocycles. The van der Waals surface area contributed by atoms with Gasteiger partial charge >= 0.3 is 0 Å². The van der Waals surface area contributed by atoms with Crippen LogP contribution in [0.2, 0.25) is 0 Å². The van der Waals surface area contributed by atoms with Gasteiger partial charge in [-0.2, -0.15) is 0 Å². The van der Waals surface area contributed by atoms with Crippen molar-refractivity contribution >= 4 is 11.6 Å². The number of aliphatic hydroxyl groups excluding tert-OH is 2. The van der Waals surface area contributed by atoms with Gasteiger partial charge in [0.05, 0.1) is 13.2 Å². The van der Waals surface area contributed by atoms with Gasteiger partial charge in [0.15, 0.2) is 0 Å². The highest BCUT2D eigenvalue weighted by molar-refractivity contribution is 5.94. The molecule has 0 aliphatic rings. The molecule has 1 aromatic rings. The van der Waals surface area contributed by atoms with Gasteiger partial charge in [0.2, 0.25) is 0 Å². The Labute approximate surface area is 126 Å². The Kier molecular flexibility index (Phi) is 6.18. The molecule has 0 aliphatic carbocycles. The molecule has 118 valence electrons. The van der Waals surface area contributed by atoms with Crippen molar-refractivity contribution < 1.29 is 15.0 Å². The van der Waals surface area contributed by atoms with Crippen molar-refractivity contribution in [3.8, 4) is 0 Å². The molecule has 0 radical (unpaired) electrons. The van der Waals surface area contributed by atoms with Crippen LogP contribution in [0.1, 0.15) is 24.2 Å². The maximum atomic E-state index is 12.4. The topological polar surface area (TPSA) is 64.0 Å². The van der Waals surface area contributed by atoms with Crippen molar-refractivity contribution in [2.75, 3.05) is 45.3 Å². The van der Waals surface area contributed by atoms with Crippen molar-refractivity contribution in [2.24, 2.45) is 5.41 Å². The van der Waals surface area contributed by atoms with Crippen LogP contribution in [0, 0.1) is 5.41 Å². The monoisotopic (exact) mass is 294 g/mol. The van der Waals surface area contributed by atoms with Gasteiger partial charge in [-0.05, 0) is 31.2 Å². The first-order valence-electron chi connectivity index (χ1n) is 7.15. The fraction of sp³-hybridized carbons (Fsp3) is 0.562. The van der Waals surface area contributed by atoms with Crippen LogP contribution in [0.3, 0.4) is 0 Å². The van der Waals surface area contributed by atoms with E-state index in [-0.39, 0.29) is 19.1 Å². The van der Waals surface area contributed by atoms with E-state index in [4.69, 9.17) is 0 Å². The number of anilines is 1. The Morgan fingerprint density at radius 3 is 2.10 bits per heavy atom. The van der Waals surface area contributed by atoms with E-state index in [9.17, 15) is 15.0 Å².